The lowest BCUT2D eigenvalue weighted by molar-refractivity contribution is -0.120. The van der Waals surface area contributed by atoms with Gasteiger partial charge < -0.3 is 12.4 Å². The van der Waals surface area contributed by atoms with Crippen molar-refractivity contribution in [2.24, 2.45) is 5.92 Å². The monoisotopic (exact) mass is 424 g/mol. The third-order valence-corrected chi connectivity index (χ3v) is 9.85. The molecule has 1 unspecified atom stereocenters. The first-order chi connectivity index (χ1) is 13.7. The van der Waals surface area contributed by atoms with Gasteiger partial charge in [-0.3, -0.25) is 4.79 Å². The molecule has 0 aromatic heterocycles. The topological polar surface area (TPSA) is 17.1 Å². The molecule has 1 nitrogen and oxygen atoms in total. The molecule has 152 valence electrons. The number of carbonyl (C=O) groups is 1. The number of halogens is 1. The van der Waals surface area contributed by atoms with Crippen LogP contribution in [0.2, 0.25) is 0 Å². The second-order valence-corrected chi connectivity index (χ2v) is 11.0. The average molecular weight is 425 g/mol. The summed E-state index contributed by atoms with van der Waals surface area (Å²) >= 11 is 0. The third-order valence-electron chi connectivity index (χ3n) is 5.52. The second-order valence-electron chi connectivity index (χ2n) is 7.48. The number of carbonyl (C=O) groups excluding carboxylic acids is 1. The highest BCUT2D eigenvalue weighted by Gasteiger charge is 2.47. The second kappa shape index (κ2) is 11.3. The largest absolute Gasteiger partial charge is 1.00 e. The number of hydrogen-bond acceptors (Lipinski definition) is 1. The lowest BCUT2D eigenvalue weighted by Crippen LogP contribution is -3.00. The normalized spacial score (nSPS) is 12.1. The van der Waals surface area contributed by atoms with E-state index in [1.165, 1.54) is 15.9 Å². The van der Waals surface area contributed by atoms with Crippen molar-refractivity contribution in [2.45, 2.75) is 33.1 Å². The van der Waals surface area contributed by atoms with Gasteiger partial charge in [0.1, 0.15) is 29.3 Å². The van der Waals surface area contributed by atoms with Crippen LogP contribution >= 0.6 is 7.26 Å². The smallest absolute Gasteiger partial charge is 0.173 e. The standard InChI is InChI=1S/C26H30OP.ClH/c1-3-4-14-22(2)26(27)21-28(23-15-8-5-9-16-23,24-17-10-6-11-18-24)25-19-12-7-13-20-25;/h5-13,15-20,22H,3-4,14,21H2,1-2H3;1H/q+1;/p-1. The molecule has 0 aliphatic rings. The van der Waals surface area contributed by atoms with Crippen molar-refractivity contribution >= 4 is 29.0 Å². The molecule has 0 heterocycles. The van der Waals surface area contributed by atoms with Gasteiger partial charge in [-0.15, -0.1) is 0 Å². The highest BCUT2D eigenvalue weighted by atomic mass is 35.5. The van der Waals surface area contributed by atoms with Gasteiger partial charge in [0.15, 0.2) is 5.78 Å². The van der Waals surface area contributed by atoms with Gasteiger partial charge in [-0.25, -0.2) is 0 Å². The van der Waals surface area contributed by atoms with Crippen LogP contribution in [-0.2, 0) is 4.79 Å². The van der Waals surface area contributed by atoms with Crippen LogP contribution in [0.15, 0.2) is 91.0 Å². The van der Waals surface area contributed by atoms with Gasteiger partial charge in [-0.1, -0.05) is 81.3 Å². The van der Waals surface area contributed by atoms with Crippen LogP contribution in [0.5, 0.6) is 0 Å². The summed E-state index contributed by atoms with van der Waals surface area (Å²) in [6.07, 6.45) is 3.82. The SMILES string of the molecule is CCCCC(C)C(=O)C[P+](c1ccccc1)(c1ccccc1)c1ccccc1.[Cl-]. The summed E-state index contributed by atoms with van der Waals surface area (Å²) in [4.78, 5) is 13.4. The highest BCUT2D eigenvalue weighted by Crippen LogP contribution is 2.55. The predicted octanol–water partition coefficient (Wildman–Crippen LogP) is 2.38. The fraction of sp³-hybridized carbons (Fsp3) is 0.269. The van der Waals surface area contributed by atoms with Gasteiger partial charge in [0, 0.05) is 5.92 Å². The summed E-state index contributed by atoms with van der Waals surface area (Å²) in [6.45, 7) is 4.29. The Morgan fingerprint density at radius 3 is 1.48 bits per heavy atom. The van der Waals surface area contributed by atoms with Crippen LogP contribution in [-0.4, -0.2) is 11.9 Å². The maximum atomic E-state index is 13.4. The van der Waals surface area contributed by atoms with E-state index in [1.807, 2.05) is 0 Å². The summed E-state index contributed by atoms with van der Waals surface area (Å²) in [5.74, 6) is 0.494. The lowest BCUT2D eigenvalue weighted by atomic mass is 10.0. The van der Waals surface area contributed by atoms with E-state index in [-0.39, 0.29) is 18.3 Å². The first-order valence-corrected chi connectivity index (χ1v) is 12.2. The minimum absolute atomic E-state index is 0. The van der Waals surface area contributed by atoms with Crippen molar-refractivity contribution in [2.75, 3.05) is 6.16 Å². The quantitative estimate of drug-likeness (QED) is 0.482. The molecule has 0 aliphatic heterocycles. The van der Waals surface area contributed by atoms with Crippen molar-refractivity contribution in [3.63, 3.8) is 0 Å². The molecule has 0 amide bonds. The Labute approximate surface area is 182 Å². The summed E-state index contributed by atoms with van der Waals surface area (Å²) in [7, 11) is -2.04. The molecule has 0 N–H and O–H groups in total. The van der Waals surface area contributed by atoms with Crippen LogP contribution in [0.25, 0.3) is 0 Å². The Hall–Kier alpha value is -1.95. The zero-order valence-corrected chi connectivity index (χ0v) is 18.9. The van der Waals surface area contributed by atoms with Crippen LogP contribution in [0.4, 0.5) is 0 Å². The van der Waals surface area contributed by atoms with Crippen molar-refractivity contribution in [3.8, 4) is 0 Å². The number of benzene rings is 3. The molecule has 1 atom stereocenters. The fourth-order valence-corrected chi connectivity index (χ4v) is 8.09. The van der Waals surface area contributed by atoms with Gasteiger partial charge in [-0.05, 0) is 42.8 Å². The molecular formula is C26H30ClOP. The third kappa shape index (κ3) is 5.35. The van der Waals surface area contributed by atoms with Gasteiger partial charge in [0.05, 0.1) is 0 Å². The van der Waals surface area contributed by atoms with E-state index < -0.39 is 7.26 Å². The number of Topliss-reactive ketones (excluding diaryl/α,β-unsaturated/α-hetero) is 1. The van der Waals surface area contributed by atoms with Gasteiger partial charge in [0.2, 0.25) is 0 Å². The van der Waals surface area contributed by atoms with Crippen molar-refractivity contribution in [3.05, 3.63) is 91.0 Å². The lowest BCUT2D eigenvalue weighted by Gasteiger charge is -2.28. The molecule has 0 bridgehead atoms. The van der Waals surface area contributed by atoms with Gasteiger partial charge >= 0.3 is 0 Å². The molecular weight excluding hydrogens is 395 g/mol. The molecule has 0 spiro atoms. The average Bonchev–Trinajstić information content (AvgIpc) is 2.77. The molecule has 0 saturated carbocycles. The zero-order valence-electron chi connectivity index (χ0n) is 17.3. The summed E-state index contributed by atoms with van der Waals surface area (Å²) in [5, 5.41) is 3.84. The Morgan fingerprint density at radius 2 is 1.14 bits per heavy atom. The predicted molar refractivity (Wildman–Crippen MR) is 124 cm³/mol. The van der Waals surface area contributed by atoms with E-state index in [0.717, 1.165) is 19.3 Å². The van der Waals surface area contributed by atoms with E-state index in [1.54, 1.807) is 0 Å². The van der Waals surface area contributed by atoms with E-state index in [2.05, 4.69) is 105 Å². The van der Waals surface area contributed by atoms with E-state index in [4.69, 9.17) is 0 Å². The number of rotatable bonds is 9. The molecule has 0 fully saturated rings. The van der Waals surface area contributed by atoms with Crippen molar-refractivity contribution in [1.82, 2.24) is 0 Å². The molecule has 29 heavy (non-hydrogen) atoms. The Kier molecular flexibility index (Phi) is 9.08. The maximum absolute atomic E-state index is 13.4. The van der Waals surface area contributed by atoms with Crippen LogP contribution in [0, 0.1) is 5.92 Å². The van der Waals surface area contributed by atoms with Crippen LogP contribution in [0.1, 0.15) is 33.1 Å². The van der Waals surface area contributed by atoms with E-state index in [9.17, 15) is 4.79 Å². The Balaban J connectivity index is 0.00000300. The number of hydrogen-bond donors (Lipinski definition) is 0. The maximum Gasteiger partial charge on any atom is 0.173 e. The van der Waals surface area contributed by atoms with Gasteiger partial charge in [-0.2, -0.15) is 0 Å². The van der Waals surface area contributed by atoms with Crippen LogP contribution in [0.3, 0.4) is 0 Å². The Bertz CT molecular complexity index is 768. The van der Waals surface area contributed by atoms with Crippen LogP contribution < -0.4 is 28.3 Å². The molecule has 3 heteroatoms. The summed E-state index contributed by atoms with van der Waals surface area (Å²) in [6, 6.07) is 32.0. The van der Waals surface area contributed by atoms with E-state index in [0.29, 0.717) is 11.9 Å². The first-order valence-electron chi connectivity index (χ1n) is 10.3. The van der Waals surface area contributed by atoms with Crippen molar-refractivity contribution < 1.29 is 17.2 Å². The molecule has 0 aliphatic carbocycles. The summed E-state index contributed by atoms with van der Waals surface area (Å²) < 4.78 is 0. The Morgan fingerprint density at radius 1 is 0.759 bits per heavy atom. The molecule has 3 rings (SSSR count). The minimum atomic E-state index is -2.04. The highest BCUT2D eigenvalue weighted by molar-refractivity contribution is 7.96. The zero-order chi connectivity index (χ0) is 19.8. The molecule has 3 aromatic carbocycles. The number of unbranched alkanes of at least 4 members (excludes halogenated alkanes) is 1. The number of ketones is 1. The van der Waals surface area contributed by atoms with Gasteiger partial charge in [0.25, 0.3) is 0 Å². The van der Waals surface area contributed by atoms with E-state index >= 15 is 0 Å². The first kappa shape index (κ1) is 23.3. The molecule has 3 aromatic rings. The molecule has 0 radical (unpaired) electrons. The minimum Gasteiger partial charge on any atom is -1.00 e. The summed E-state index contributed by atoms with van der Waals surface area (Å²) in [5.41, 5.74) is 0. The molecule has 0 saturated heterocycles. The van der Waals surface area contributed by atoms with Crippen molar-refractivity contribution in [1.29, 1.82) is 0 Å². The fourth-order valence-electron chi connectivity index (χ4n) is 3.83.